The number of thiazole rings is 1. The van der Waals surface area contributed by atoms with Gasteiger partial charge in [-0.1, -0.05) is 17.4 Å². The largest absolute Gasteiger partial charge is 0.286 e. The quantitative estimate of drug-likeness (QED) is 0.332. The fourth-order valence-electron chi connectivity index (χ4n) is 3.36. The van der Waals surface area contributed by atoms with E-state index in [0.717, 1.165) is 20.7 Å². The number of thioether (sulfide) groups is 1. The van der Waals surface area contributed by atoms with Gasteiger partial charge in [-0.05, 0) is 61.4 Å². The van der Waals surface area contributed by atoms with Gasteiger partial charge in [0.25, 0.3) is 0 Å². The topological polar surface area (TPSA) is 51.0 Å². The number of carbonyl (C=O) groups excluding carboxylic acids is 1. The smallest absolute Gasteiger partial charge is 0.229 e. The highest BCUT2D eigenvalue weighted by molar-refractivity contribution is 7.99. The number of rotatable bonds is 8. The molecule has 2 aromatic heterocycles. The van der Waals surface area contributed by atoms with E-state index >= 15 is 0 Å². The van der Waals surface area contributed by atoms with Crippen LogP contribution < -0.4 is 4.90 Å². The molecule has 0 aliphatic carbocycles. The van der Waals surface area contributed by atoms with Crippen LogP contribution in [0.4, 0.5) is 9.52 Å². The van der Waals surface area contributed by atoms with Gasteiger partial charge in [0.15, 0.2) is 5.13 Å². The molecule has 0 bridgehead atoms. The van der Waals surface area contributed by atoms with Gasteiger partial charge in [-0.2, -0.15) is 5.10 Å². The maximum absolute atomic E-state index is 13.2. The predicted octanol–water partition coefficient (Wildman–Crippen LogP) is 5.46. The van der Waals surface area contributed by atoms with Crippen molar-refractivity contribution in [3.8, 4) is 0 Å². The molecule has 0 aliphatic heterocycles. The summed E-state index contributed by atoms with van der Waals surface area (Å²) in [6, 6.07) is 12.4. The van der Waals surface area contributed by atoms with Crippen LogP contribution in [0, 0.1) is 19.7 Å². The molecule has 0 saturated heterocycles. The number of amides is 1. The van der Waals surface area contributed by atoms with Crippen LogP contribution >= 0.6 is 23.1 Å². The van der Waals surface area contributed by atoms with Crippen LogP contribution in [0.1, 0.15) is 17.5 Å². The van der Waals surface area contributed by atoms with E-state index in [9.17, 15) is 9.18 Å². The number of nitrogens with zero attached hydrogens (tertiary/aromatic N) is 4. The molecule has 8 heteroatoms. The zero-order chi connectivity index (χ0) is 21.8. The van der Waals surface area contributed by atoms with Gasteiger partial charge in [-0.15, -0.1) is 11.8 Å². The van der Waals surface area contributed by atoms with Gasteiger partial charge in [-0.3, -0.25) is 14.4 Å². The molecule has 0 N–H and O–H groups in total. The summed E-state index contributed by atoms with van der Waals surface area (Å²) in [5.41, 5.74) is 3.25. The Morgan fingerprint density at radius 1 is 1.23 bits per heavy atom. The van der Waals surface area contributed by atoms with Gasteiger partial charge in [0, 0.05) is 36.0 Å². The minimum Gasteiger partial charge on any atom is -0.286 e. The van der Waals surface area contributed by atoms with Crippen molar-refractivity contribution in [2.75, 3.05) is 17.2 Å². The van der Waals surface area contributed by atoms with Crippen LogP contribution in [-0.2, 0) is 11.3 Å². The average molecular weight is 455 g/mol. The van der Waals surface area contributed by atoms with Crippen LogP contribution in [0.2, 0.25) is 0 Å². The Hall–Kier alpha value is -2.71. The van der Waals surface area contributed by atoms with E-state index in [1.165, 1.54) is 17.7 Å². The second-order valence-electron chi connectivity index (χ2n) is 7.29. The number of anilines is 1. The highest BCUT2D eigenvalue weighted by Gasteiger charge is 2.20. The molecule has 4 rings (SSSR count). The van der Waals surface area contributed by atoms with Crippen molar-refractivity contribution >= 4 is 44.4 Å². The number of hydrogen-bond acceptors (Lipinski definition) is 5. The van der Waals surface area contributed by atoms with Gasteiger partial charge >= 0.3 is 0 Å². The molecule has 0 radical (unpaired) electrons. The lowest BCUT2D eigenvalue weighted by Crippen LogP contribution is -2.34. The van der Waals surface area contributed by atoms with Gasteiger partial charge < -0.3 is 0 Å². The van der Waals surface area contributed by atoms with E-state index in [2.05, 4.69) is 24.2 Å². The lowest BCUT2D eigenvalue weighted by molar-refractivity contribution is -0.118. The van der Waals surface area contributed by atoms with Crippen molar-refractivity contribution in [2.45, 2.75) is 31.7 Å². The highest BCUT2D eigenvalue weighted by Crippen LogP contribution is 2.32. The van der Waals surface area contributed by atoms with E-state index in [0.29, 0.717) is 30.4 Å². The third-order valence-corrected chi connectivity index (χ3v) is 6.90. The second kappa shape index (κ2) is 9.62. The molecule has 0 fully saturated rings. The normalized spacial score (nSPS) is 11.2. The molecule has 0 atom stereocenters. The van der Waals surface area contributed by atoms with Crippen molar-refractivity contribution in [2.24, 2.45) is 0 Å². The summed E-state index contributed by atoms with van der Waals surface area (Å²) in [5.74, 6) is 0.382. The van der Waals surface area contributed by atoms with E-state index in [1.54, 1.807) is 46.3 Å². The molecule has 31 heavy (non-hydrogen) atoms. The summed E-state index contributed by atoms with van der Waals surface area (Å²) in [7, 11) is 0. The monoisotopic (exact) mass is 454 g/mol. The van der Waals surface area contributed by atoms with E-state index < -0.39 is 0 Å². The molecule has 2 heterocycles. The predicted molar refractivity (Wildman–Crippen MR) is 125 cm³/mol. The SMILES string of the molecule is Cc1cc(C)c2nc(N(CCn3cccn3)C(=O)CCSc3ccc(F)cc3)sc2c1. The van der Waals surface area contributed by atoms with Gasteiger partial charge in [0.05, 0.1) is 16.8 Å². The molecule has 0 unspecified atom stereocenters. The van der Waals surface area contributed by atoms with Gasteiger partial charge in [0.1, 0.15) is 5.82 Å². The van der Waals surface area contributed by atoms with E-state index in [1.807, 2.05) is 23.9 Å². The van der Waals surface area contributed by atoms with Crippen LogP contribution in [0.5, 0.6) is 0 Å². The third-order valence-electron chi connectivity index (χ3n) is 4.86. The van der Waals surface area contributed by atoms with Crippen LogP contribution in [0.3, 0.4) is 0 Å². The summed E-state index contributed by atoms with van der Waals surface area (Å²) in [6.07, 6.45) is 3.99. The van der Waals surface area contributed by atoms with E-state index in [4.69, 9.17) is 4.98 Å². The van der Waals surface area contributed by atoms with Crippen molar-refractivity contribution in [1.82, 2.24) is 14.8 Å². The molecule has 2 aromatic carbocycles. The summed E-state index contributed by atoms with van der Waals surface area (Å²) >= 11 is 3.09. The first kappa shape index (κ1) is 21.5. The van der Waals surface area contributed by atoms with Crippen molar-refractivity contribution in [3.05, 3.63) is 71.8 Å². The second-order valence-corrected chi connectivity index (χ2v) is 9.47. The number of hydrogen-bond donors (Lipinski definition) is 0. The highest BCUT2D eigenvalue weighted by atomic mass is 32.2. The summed E-state index contributed by atoms with van der Waals surface area (Å²) in [4.78, 5) is 20.7. The first-order valence-electron chi connectivity index (χ1n) is 10.0. The minimum absolute atomic E-state index is 0.0233. The number of benzene rings is 2. The molecule has 1 amide bonds. The first-order valence-corrected chi connectivity index (χ1v) is 11.8. The van der Waals surface area contributed by atoms with Crippen LogP contribution in [0.15, 0.2) is 59.8 Å². The molecule has 0 saturated carbocycles. The zero-order valence-corrected chi connectivity index (χ0v) is 19.0. The maximum Gasteiger partial charge on any atom is 0.229 e. The Kier molecular flexibility index (Phi) is 6.67. The average Bonchev–Trinajstić information content (AvgIpc) is 3.40. The number of halogens is 1. The number of aromatic nitrogens is 3. The minimum atomic E-state index is -0.258. The third kappa shape index (κ3) is 5.32. The maximum atomic E-state index is 13.2. The fraction of sp³-hybridized carbons (Fsp3) is 0.261. The number of fused-ring (bicyclic) bond motifs is 1. The van der Waals surface area contributed by atoms with Crippen molar-refractivity contribution < 1.29 is 9.18 Å². The van der Waals surface area contributed by atoms with Gasteiger partial charge in [0.2, 0.25) is 5.91 Å². The summed E-state index contributed by atoms with van der Waals surface area (Å²) in [5, 5.41) is 4.96. The Bertz CT molecular complexity index is 1170. The summed E-state index contributed by atoms with van der Waals surface area (Å²) < 4.78 is 16.0. The Morgan fingerprint density at radius 2 is 2.03 bits per heavy atom. The molecule has 5 nitrogen and oxygen atoms in total. The van der Waals surface area contributed by atoms with Crippen LogP contribution in [-0.4, -0.2) is 33.0 Å². The first-order chi connectivity index (χ1) is 15.0. The molecular formula is C23H23FN4OS2. The molecule has 160 valence electrons. The zero-order valence-electron chi connectivity index (χ0n) is 17.4. The Morgan fingerprint density at radius 3 is 2.77 bits per heavy atom. The standard InChI is InChI=1S/C23H23FN4OS2/c1-16-14-17(2)22-20(15-16)31-23(26-22)28(12-11-27-10-3-9-25-27)21(29)8-13-30-19-6-4-18(24)5-7-19/h3-7,9-10,14-15H,8,11-13H2,1-2H3. The lowest BCUT2D eigenvalue weighted by atomic mass is 10.1. The molecule has 4 aromatic rings. The number of carbonyl (C=O) groups is 1. The van der Waals surface area contributed by atoms with Gasteiger partial charge in [-0.25, -0.2) is 9.37 Å². The lowest BCUT2D eigenvalue weighted by Gasteiger charge is -2.20. The molecular weight excluding hydrogens is 431 g/mol. The summed E-state index contributed by atoms with van der Waals surface area (Å²) in [6.45, 7) is 5.21. The fourth-order valence-corrected chi connectivity index (χ4v) is 5.38. The van der Waals surface area contributed by atoms with Crippen molar-refractivity contribution in [1.29, 1.82) is 0 Å². The Balaban J connectivity index is 1.51. The van der Waals surface area contributed by atoms with E-state index in [-0.39, 0.29) is 11.7 Å². The van der Waals surface area contributed by atoms with Crippen LogP contribution in [0.25, 0.3) is 10.2 Å². The Labute approximate surface area is 188 Å². The number of aryl methyl sites for hydroxylation is 2. The van der Waals surface area contributed by atoms with Crippen molar-refractivity contribution in [3.63, 3.8) is 0 Å². The molecule has 0 aliphatic rings. The molecule has 0 spiro atoms.